The van der Waals surface area contributed by atoms with Crippen molar-refractivity contribution < 1.29 is 17.9 Å². The van der Waals surface area contributed by atoms with E-state index < -0.39 is 0 Å². The summed E-state index contributed by atoms with van der Waals surface area (Å²) in [6.07, 6.45) is 0. The minimum Gasteiger partial charge on any atom is -0.492 e. The highest BCUT2D eigenvalue weighted by atomic mass is 19.1. The van der Waals surface area contributed by atoms with Gasteiger partial charge >= 0.3 is 0 Å². The van der Waals surface area contributed by atoms with Crippen molar-refractivity contribution >= 4 is 11.0 Å². The summed E-state index contributed by atoms with van der Waals surface area (Å²) in [5, 5.41) is 1.03. The molecule has 0 atom stereocenters. The molecular formula is C27H26F2N2O2. The monoisotopic (exact) mass is 448 g/mol. The molecule has 0 unspecified atom stereocenters. The molecule has 0 radical (unpaired) electrons. The van der Waals surface area contributed by atoms with Crippen LogP contribution < -0.4 is 4.74 Å². The first kappa shape index (κ1) is 21.6. The molecule has 1 aliphatic rings. The first-order valence-corrected chi connectivity index (χ1v) is 11.2. The Labute approximate surface area is 192 Å². The number of ether oxygens (including phenoxy) is 1. The molecule has 1 aliphatic heterocycles. The molecule has 4 aromatic rings. The molecular weight excluding hydrogens is 422 g/mol. The highest BCUT2D eigenvalue weighted by Crippen LogP contribution is 2.28. The van der Waals surface area contributed by atoms with Crippen molar-refractivity contribution in [3.8, 4) is 16.9 Å². The second kappa shape index (κ2) is 9.73. The molecule has 2 heterocycles. The van der Waals surface area contributed by atoms with Gasteiger partial charge in [0, 0.05) is 38.1 Å². The third-order valence-electron chi connectivity index (χ3n) is 6.06. The maximum absolute atomic E-state index is 13.6. The van der Waals surface area contributed by atoms with E-state index in [0.29, 0.717) is 12.4 Å². The standard InChI is InChI=1S/C27H26F2N2O2/c28-23-5-7-25(8-6-23)32-15-14-30-10-12-31(13-11-30)19-26-18-22-16-21(4-9-27(22)33-26)20-2-1-3-24(29)17-20/h1-9,16-18H,10-15,19H2. The lowest BCUT2D eigenvalue weighted by atomic mass is 10.0. The molecule has 33 heavy (non-hydrogen) atoms. The predicted molar refractivity (Wildman–Crippen MR) is 125 cm³/mol. The lowest BCUT2D eigenvalue weighted by Crippen LogP contribution is -2.46. The van der Waals surface area contributed by atoms with Gasteiger partial charge < -0.3 is 9.15 Å². The molecule has 0 N–H and O–H groups in total. The molecule has 0 saturated carbocycles. The van der Waals surface area contributed by atoms with Gasteiger partial charge in [-0.1, -0.05) is 18.2 Å². The zero-order valence-electron chi connectivity index (χ0n) is 18.3. The van der Waals surface area contributed by atoms with Crippen molar-refractivity contribution in [2.75, 3.05) is 39.3 Å². The number of piperazine rings is 1. The Kier molecular flexibility index (Phi) is 6.37. The van der Waals surface area contributed by atoms with Crippen LogP contribution in [0.1, 0.15) is 5.76 Å². The molecule has 0 bridgehead atoms. The van der Waals surface area contributed by atoms with Crippen LogP contribution in [-0.2, 0) is 6.54 Å². The molecule has 5 rings (SSSR count). The normalized spacial score (nSPS) is 15.2. The minimum atomic E-state index is -0.255. The van der Waals surface area contributed by atoms with E-state index in [-0.39, 0.29) is 11.6 Å². The van der Waals surface area contributed by atoms with Crippen LogP contribution in [0.3, 0.4) is 0 Å². The predicted octanol–water partition coefficient (Wildman–Crippen LogP) is 5.57. The van der Waals surface area contributed by atoms with Crippen LogP contribution in [0.5, 0.6) is 5.75 Å². The van der Waals surface area contributed by atoms with E-state index in [0.717, 1.165) is 67.1 Å². The maximum atomic E-state index is 13.6. The van der Waals surface area contributed by atoms with E-state index >= 15 is 0 Å². The first-order chi connectivity index (χ1) is 16.1. The van der Waals surface area contributed by atoms with Crippen molar-refractivity contribution in [1.82, 2.24) is 9.80 Å². The van der Waals surface area contributed by atoms with E-state index in [1.807, 2.05) is 18.2 Å². The van der Waals surface area contributed by atoms with E-state index in [2.05, 4.69) is 21.9 Å². The van der Waals surface area contributed by atoms with Crippen LogP contribution in [0.25, 0.3) is 22.1 Å². The second-order valence-corrected chi connectivity index (χ2v) is 8.40. The van der Waals surface area contributed by atoms with Crippen LogP contribution >= 0.6 is 0 Å². The number of nitrogens with zero attached hydrogens (tertiary/aromatic N) is 2. The summed E-state index contributed by atoms with van der Waals surface area (Å²) >= 11 is 0. The zero-order valence-corrected chi connectivity index (χ0v) is 18.3. The van der Waals surface area contributed by atoms with E-state index in [1.54, 1.807) is 24.3 Å². The summed E-state index contributed by atoms with van der Waals surface area (Å²) in [5.41, 5.74) is 2.69. The average Bonchev–Trinajstić information content (AvgIpc) is 3.23. The number of hydrogen-bond donors (Lipinski definition) is 0. The highest BCUT2D eigenvalue weighted by Gasteiger charge is 2.18. The molecule has 1 fully saturated rings. The van der Waals surface area contributed by atoms with E-state index in [9.17, 15) is 8.78 Å². The third-order valence-corrected chi connectivity index (χ3v) is 6.06. The van der Waals surface area contributed by atoms with Crippen molar-refractivity contribution in [3.05, 3.63) is 90.2 Å². The number of rotatable bonds is 7. The fourth-order valence-electron chi connectivity index (χ4n) is 4.24. The Bertz CT molecular complexity index is 1210. The van der Waals surface area contributed by atoms with Gasteiger partial charge in [0.05, 0.1) is 6.54 Å². The summed E-state index contributed by atoms with van der Waals surface area (Å²) in [4.78, 5) is 4.77. The molecule has 1 aromatic heterocycles. The Morgan fingerprint density at radius 1 is 0.758 bits per heavy atom. The second-order valence-electron chi connectivity index (χ2n) is 8.40. The van der Waals surface area contributed by atoms with Crippen LogP contribution in [0.15, 0.2) is 77.2 Å². The van der Waals surface area contributed by atoms with Gasteiger partial charge in [0.1, 0.15) is 35.3 Å². The van der Waals surface area contributed by atoms with Gasteiger partial charge in [-0.25, -0.2) is 8.78 Å². The minimum absolute atomic E-state index is 0.235. The summed E-state index contributed by atoms with van der Waals surface area (Å²) in [5.74, 6) is 1.14. The van der Waals surface area contributed by atoms with Crippen LogP contribution in [-0.4, -0.2) is 49.1 Å². The molecule has 0 aliphatic carbocycles. The third kappa shape index (κ3) is 5.41. The first-order valence-electron chi connectivity index (χ1n) is 11.2. The highest BCUT2D eigenvalue weighted by molar-refractivity contribution is 5.84. The summed E-state index contributed by atoms with van der Waals surface area (Å²) in [6, 6.07) is 20.8. The molecule has 3 aromatic carbocycles. The Morgan fingerprint density at radius 3 is 2.30 bits per heavy atom. The number of hydrogen-bond acceptors (Lipinski definition) is 4. The van der Waals surface area contributed by atoms with Crippen molar-refractivity contribution in [1.29, 1.82) is 0 Å². The van der Waals surface area contributed by atoms with Gasteiger partial charge in [-0.05, 0) is 65.7 Å². The molecule has 0 spiro atoms. The average molecular weight is 449 g/mol. The smallest absolute Gasteiger partial charge is 0.134 e. The lowest BCUT2D eigenvalue weighted by molar-refractivity contribution is 0.108. The van der Waals surface area contributed by atoms with Crippen LogP contribution in [0.4, 0.5) is 8.78 Å². The molecule has 6 heteroatoms. The van der Waals surface area contributed by atoms with E-state index in [4.69, 9.17) is 9.15 Å². The zero-order chi connectivity index (χ0) is 22.6. The van der Waals surface area contributed by atoms with Crippen molar-refractivity contribution in [2.24, 2.45) is 0 Å². The Hall–Kier alpha value is -3.22. The quantitative estimate of drug-likeness (QED) is 0.369. The number of furan rings is 1. The summed E-state index contributed by atoms with van der Waals surface area (Å²) in [7, 11) is 0. The van der Waals surface area contributed by atoms with Crippen molar-refractivity contribution in [3.63, 3.8) is 0 Å². The van der Waals surface area contributed by atoms with E-state index in [1.165, 1.54) is 18.2 Å². The van der Waals surface area contributed by atoms with Crippen molar-refractivity contribution in [2.45, 2.75) is 6.54 Å². The van der Waals surface area contributed by atoms with Crippen LogP contribution in [0, 0.1) is 11.6 Å². The topological polar surface area (TPSA) is 28.9 Å². The van der Waals surface area contributed by atoms with Gasteiger partial charge in [0.15, 0.2) is 0 Å². The molecule has 1 saturated heterocycles. The van der Waals surface area contributed by atoms with Gasteiger partial charge in [-0.3, -0.25) is 9.80 Å². The molecule has 170 valence electrons. The van der Waals surface area contributed by atoms with Gasteiger partial charge in [0.25, 0.3) is 0 Å². The number of fused-ring (bicyclic) bond motifs is 1. The molecule has 4 nitrogen and oxygen atoms in total. The van der Waals surface area contributed by atoms with Gasteiger partial charge in [-0.2, -0.15) is 0 Å². The van der Waals surface area contributed by atoms with Crippen LogP contribution in [0.2, 0.25) is 0 Å². The van der Waals surface area contributed by atoms with Gasteiger partial charge in [-0.15, -0.1) is 0 Å². The largest absolute Gasteiger partial charge is 0.492 e. The lowest BCUT2D eigenvalue weighted by Gasteiger charge is -2.34. The summed E-state index contributed by atoms with van der Waals surface area (Å²) < 4.78 is 38.3. The van der Waals surface area contributed by atoms with Gasteiger partial charge in [0.2, 0.25) is 0 Å². The Balaban J connectivity index is 1.13. The number of halogens is 2. The maximum Gasteiger partial charge on any atom is 0.134 e. The fraction of sp³-hybridized carbons (Fsp3) is 0.259. The molecule has 0 amide bonds. The number of benzene rings is 3. The summed E-state index contributed by atoms with van der Waals surface area (Å²) in [6.45, 7) is 6.06. The SMILES string of the molecule is Fc1ccc(OCCN2CCN(Cc3cc4cc(-c5cccc(F)c5)ccc4o3)CC2)cc1. The Morgan fingerprint density at radius 2 is 1.52 bits per heavy atom. The fourth-order valence-corrected chi connectivity index (χ4v) is 4.24.